The van der Waals surface area contributed by atoms with Gasteiger partial charge in [-0.3, -0.25) is 4.79 Å². The predicted molar refractivity (Wildman–Crippen MR) is 51.4 cm³/mol. The number of carbonyl (C=O) groups excluding carboxylic acids is 1. The molecule has 76 valence electrons. The van der Waals surface area contributed by atoms with Gasteiger partial charge in [0.25, 0.3) is 0 Å². The molecule has 3 nitrogen and oxygen atoms in total. The van der Waals surface area contributed by atoms with E-state index in [2.05, 4.69) is 5.32 Å². The largest absolute Gasteiger partial charge is 0.466 e. The molecule has 0 saturated heterocycles. The van der Waals surface area contributed by atoms with Crippen LogP contribution < -0.4 is 5.32 Å². The van der Waals surface area contributed by atoms with Crippen LogP contribution in [0.2, 0.25) is 0 Å². The molecule has 1 fully saturated rings. The summed E-state index contributed by atoms with van der Waals surface area (Å²) >= 11 is 0. The Hall–Kier alpha value is -0.570. The van der Waals surface area contributed by atoms with Gasteiger partial charge in [0, 0.05) is 6.04 Å². The molecule has 0 radical (unpaired) electrons. The van der Waals surface area contributed by atoms with E-state index in [-0.39, 0.29) is 11.9 Å². The number of esters is 1. The van der Waals surface area contributed by atoms with Crippen LogP contribution in [0, 0.1) is 5.92 Å². The van der Waals surface area contributed by atoms with E-state index >= 15 is 0 Å². The summed E-state index contributed by atoms with van der Waals surface area (Å²) in [6.45, 7) is 2.35. The Balaban J connectivity index is 2.48. The van der Waals surface area contributed by atoms with E-state index in [0.717, 1.165) is 19.3 Å². The van der Waals surface area contributed by atoms with Crippen LogP contribution in [0.3, 0.4) is 0 Å². The highest BCUT2D eigenvalue weighted by Gasteiger charge is 2.30. The lowest BCUT2D eigenvalue weighted by molar-refractivity contribution is -0.150. The van der Waals surface area contributed by atoms with Gasteiger partial charge in [0.15, 0.2) is 0 Å². The van der Waals surface area contributed by atoms with Crippen LogP contribution in [0.4, 0.5) is 0 Å². The Bertz CT molecular complexity index is 170. The lowest BCUT2D eigenvalue weighted by atomic mass is 9.84. The lowest BCUT2D eigenvalue weighted by Gasteiger charge is -2.29. The average Bonchev–Trinajstić information content (AvgIpc) is 2.18. The molecule has 0 aromatic heterocycles. The number of hydrogen-bond donors (Lipinski definition) is 1. The van der Waals surface area contributed by atoms with E-state index in [1.165, 1.54) is 6.42 Å². The van der Waals surface area contributed by atoms with E-state index in [1.54, 1.807) is 0 Å². The van der Waals surface area contributed by atoms with Gasteiger partial charge < -0.3 is 10.1 Å². The number of ether oxygens (including phenoxy) is 1. The molecule has 1 aliphatic rings. The number of rotatable bonds is 3. The third-order valence-electron chi connectivity index (χ3n) is 2.73. The maximum absolute atomic E-state index is 11.5. The zero-order chi connectivity index (χ0) is 9.68. The number of carbonyl (C=O) groups is 1. The van der Waals surface area contributed by atoms with Gasteiger partial charge in [-0.15, -0.1) is 0 Å². The van der Waals surface area contributed by atoms with Gasteiger partial charge in [0.1, 0.15) is 0 Å². The fourth-order valence-electron chi connectivity index (χ4n) is 2.01. The lowest BCUT2D eigenvalue weighted by Crippen LogP contribution is -2.41. The first-order valence-electron chi connectivity index (χ1n) is 5.13. The second kappa shape index (κ2) is 5.22. The van der Waals surface area contributed by atoms with E-state index in [0.29, 0.717) is 12.6 Å². The van der Waals surface area contributed by atoms with Crippen molar-refractivity contribution in [1.29, 1.82) is 0 Å². The smallest absolute Gasteiger partial charge is 0.310 e. The van der Waals surface area contributed by atoms with Crippen LogP contribution in [0.25, 0.3) is 0 Å². The molecule has 0 unspecified atom stereocenters. The van der Waals surface area contributed by atoms with Crippen molar-refractivity contribution in [3.05, 3.63) is 0 Å². The van der Waals surface area contributed by atoms with Crippen LogP contribution >= 0.6 is 0 Å². The predicted octanol–water partition coefficient (Wildman–Crippen LogP) is 1.33. The SMILES string of the molecule is CCOC(=O)[C@H]1CCCC[C@@H]1NC. The highest BCUT2D eigenvalue weighted by Crippen LogP contribution is 2.25. The topological polar surface area (TPSA) is 38.3 Å². The Labute approximate surface area is 79.8 Å². The summed E-state index contributed by atoms with van der Waals surface area (Å²) in [7, 11) is 1.92. The summed E-state index contributed by atoms with van der Waals surface area (Å²) in [5.41, 5.74) is 0. The first-order valence-corrected chi connectivity index (χ1v) is 5.13. The molecule has 0 aromatic carbocycles. The summed E-state index contributed by atoms with van der Waals surface area (Å²) < 4.78 is 5.03. The van der Waals surface area contributed by atoms with Crippen molar-refractivity contribution >= 4 is 5.97 Å². The standard InChI is InChI=1S/C10H19NO2/c1-3-13-10(12)8-6-4-5-7-9(8)11-2/h8-9,11H,3-7H2,1-2H3/t8-,9-/m0/s1. The summed E-state index contributed by atoms with van der Waals surface area (Å²) in [6, 6.07) is 0.327. The monoisotopic (exact) mass is 185 g/mol. The van der Waals surface area contributed by atoms with Gasteiger partial charge in [0.05, 0.1) is 12.5 Å². The molecule has 1 N–H and O–H groups in total. The van der Waals surface area contributed by atoms with E-state index < -0.39 is 0 Å². The fraction of sp³-hybridized carbons (Fsp3) is 0.900. The summed E-state index contributed by atoms with van der Waals surface area (Å²) in [6.07, 6.45) is 4.45. The first-order chi connectivity index (χ1) is 6.29. The Morgan fingerprint density at radius 2 is 2.15 bits per heavy atom. The molecule has 0 aliphatic heterocycles. The zero-order valence-electron chi connectivity index (χ0n) is 8.51. The first kappa shape index (κ1) is 10.5. The normalized spacial score (nSPS) is 28.5. The second-order valence-electron chi connectivity index (χ2n) is 3.54. The maximum Gasteiger partial charge on any atom is 0.310 e. The quantitative estimate of drug-likeness (QED) is 0.674. The fourth-order valence-corrected chi connectivity index (χ4v) is 2.01. The molecule has 0 heterocycles. The van der Waals surface area contributed by atoms with Crippen LogP contribution in [0.15, 0.2) is 0 Å². The van der Waals surface area contributed by atoms with Gasteiger partial charge in [-0.2, -0.15) is 0 Å². The third-order valence-corrected chi connectivity index (χ3v) is 2.73. The molecule has 13 heavy (non-hydrogen) atoms. The van der Waals surface area contributed by atoms with Crippen molar-refractivity contribution in [2.75, 3.05) is 13.7 Å². The minimum absolute atomic E-state index is 0.0263. The van der Waals surface area contributed by atoms with E-state index in [1.807, 2.05) is 14.0 Å². The van der Waals surface area contributed by atoms with Crippen molar-refractivity contribution in [3.8, 4) is 0 Å². The molecule has 0 spiro atoms. The minimum atomic E-state index is -0.0263. The van der Waals surface area contributed by atoms with Crippen molar-refractivity contribution in [3.63, 3.8) is 0 Å². The third kappa shape index (κ3) is 2.69. The van der Waals surface area contributed by atoms with Crippen LogP contribution in [0.1, 0.15) is 32.6 Å². The van der Waals surface area contributed by atoms with Gasteiger partial charge >= 0.3 is 5.97 Å². The maximum atomic E-state index is 11.5. The molecular formula is C10H19NO2. The van der Waals surface area contributed by atoms with Crippen molar-refractivity contribution in [1.82, 2.24) is 5.32 Å². The van der Waals surface area contributed by atoms with Gasteiger partial charge in [0.2, 0.25) is 0 Å². The summed E-state index contributed by atoms with van der Waals surface area (Å²) in [5.74, 6) is 0.0558. The average molecular weight is 185 g/mol. The van der Waals surface area contributed by atoms with Crippen molar-refractivity contribution < 1.29 is 9.53 Å². The molecule has 0 aromatic rings. The summed E-state index contributed by atoms with van der Waals surface area (Å²) in [5, 5.41) is 3.19. The molecule has 1 saturated carbocycles. The zero-order valence-corrected chi connectivity index (χ0v) is 8.51. The molecule has 0 bridgehead atoms. The molecule has 3 heteroatoms. The molecule has 2 atom stereocenters. The van der Waals surface area contributed by atoms with Crippen molar-refractivity contribution in [2.45, 2.75) is 38.6 Å². The number of hydrogen-bond acceptors (Lipinski definition) is 3. The van der Waals surface area contributed by atoms with Gasteiger partial charge in [-0.05, 0) is 26.8 Å². The molecule has 1 aliphatic carbocycles. The Morgan fingerprint density at radius 3 is 2.77 bits per heavy atom. The van der Waals surface area contributed by atoms with Gasteiger partial charge in [-0.1, -0.05) is 12.8 Å². The van der Waals surface area contributed by atoms with Crippen LogP contribution in [0.5, 0.6) is 0 Å². The van der Waals surface area contributed by atoms with Gasteiger partial charge in [-0.25, -0.2) is 0 Å². The highest BCUT2D eigenvalue weighted by atomic mass is 16.5. The number of nitrogens with one attached hydrogen (secondary N) is 1. The van der Waals surface area contributed by atoms with Crippen molar-refractivity contribution in [2.24, 2.45) is 5.92 Å². The Morgan fingerprint density at radius 1 is 1.46 bits per heavy atom. The van der Waals surface area contributed by atoms with Crippen LogP contribution in [-0.2, 0) is 9.53 Å². The molecular weight excluding hydrogens is 166 g/mol. The Kier molecular flexibility index (Phi) is 4.22. The minimum Gasteiger partial charge on any atom is -0.466 e. The van der Waals surface area contributed by atoms with E-state index in [4.69, 9.17) is 4.74 Å². The molecule has 0 amide bonds. The van der Waals surface area contributed by atoms with Crippen LogP contribution in [-0.4, -0.2) is 25.7 Å². The molecule has 1 rings (SSSR count). The second-order valence-corrected chi connectivity index (χ2v) is 3.54. The highest BCUT2D eigenvalue weighted by molar-refractivity contribution is 5.73. The summed E-state index contributed by atoms with van der Waals surface area (Å²) in [4.78, 5) is 11.5. The van der Waals surface area contributed by atoms with E-state index in [9.17, 15) is 4.79 Å².